The van der Waals surface area contributed by atoms with E-state index in [2.05, 4.69) is 19.9 Å². The van der Waals surface area contributed by atoms with Crippen molar-refractivity contribution in [2.24, 2.45) is 13.0 Å². The van der Waals surface area contributed by atoms with Crippen molar-refractivity contribution in [1.29, 1.82) is 0 Å². The number of hydrogen-bond donors (Lipinski definition) is 0. The minimum absolute atomic E-state index is 0.135. The summed E-state index contributed by atoms with van der Waals surface area (Å²) in [6.07, 6.45) is 5.64. The van der Waals surface area contributed by atoms with Crippen molar-refractivity contribution < 1.29 is 14.1 Å². The number of carbonyl (C=O) groups excluding carboxylic acids is 1. The molecule has 10 heteroatoms. The van der Waals surface area contributed by atoms with Crippen molar-refractivity contribution in [3.63, 3.8) is 0 Å². The summed E-state index contributed by atoms with van der Waals surface area (Å²) >= 11 is 0. The Hall–Kier alpha value is -3.01. The molecule has 0 aromatic carbocycles. The highest BCUT2D eigenvalue weighted by molar-refractivity contribution is 5.91. The maximum absolute atomic E-state index is 12.4. The zero-order valence-electron chi connectivity index (χ0n) is 17.2. The second-order valence-corrected chi connectivity index (χ2v) is 8.07. The topological polar surface area (TPSA) is 104 Å². The quantitative estimate of drug-likeness (QED) is 0.580. The number of rotatable bonds is 7. The Bertz CT molecular complexity index is 1060. The molecular weight excluding hydrogens is 386 g/mol. The van der Waals surface area contributed by atoms with Crippen LogP contribution in [-0.4, -0.2) is 60.7 Å². The summed E-state index contributed by atoms with van der Waals surface area (Å²) in [4.78, 5) is 18.6. The lowest BCUT2D eigenvalue weighted by Crippen LogP contribution is -2.29. The fraction of sp³-hybridized carbons (Fsp3) is 0.550. The van der Waals surface area contributed by atoms with Gasteiger partial charge in [0, 0.05) is 57.5 Å². The Labute approximate surface area is 173 Å². The average Bonchev–Trinajstić information content (AvgIpc) is 3.13. The van der Waals surface area contributed by atoms with Crippen molar-refractivity contribution in [2.45, 2.75) is 38.8 Å². The molecule has 2 aliphatic rings. The van der Waals surface area contributed by atoms with Gasteiger partial charge in [-0.3, -0.25) is 14.2 Å². The van der Waals surface area contributed by atoms with Gasteiger partial charge in [-0.05, 0) is 24.8 Å². The largest absolute Gasteiger partial charge is 0.376 e. The number of nitrogens with zero attached hydrogens (tertiary/aromatic N) is 7. The smallest absolute Gasteiger partial charge is 0.278 e. The van der Waals surface area contributed by atoms with E-state index in [9.17, 15) is 4.79 Å². The first-order valence-electron chi connectivity index (χ1n) is 10.3. The number of likely N-dealkylation sites (N-methyl/N-ethyl adjacent to an activating group) is 1. The van der Waals surface area contributed by atoms with Gasteiger partial charge in [0.05, 0.1) is 13.2 Å². The molecule has 0 radical (unpaired) electrons. The van der Waals surface area contributed by atoms with Crippen molar-refractivity contribution in [2.75, 3.05) is 20.2 Å². The van der Waals surface area contributed by atoms with Crippen LogP contribution in [0.1, 0.15) is 40.4 Å². The Morgan fingerprint density at radius 3 is 2.97 bits per heavy atom. The molecule has 10 nitrogen and oxygen atoms in total. The highest BCUT2D eigenvalue weighted by atomic mass is 16.5. The van der Waals surface area contributed by atoms with Crippen LogP contribution in [0, 0.1) is 5.92 Å². The molecule has 4 heterocycles. The molecule has 0 unspecified atom stereocenters. The first-order chi connectivity index (χ1) is 14.6. The van der Waals surface area contributed by atoms with Gasteiger partial charge in [0.25, 0.3) is 11.8 Å². The molecule has 1 saturated carbocycles. The van der Waals surface area contributed by atoms with Crippen LogP contribution in [-0.2, 0) is 37.8 Å². The van der Waals surface area contributed by atoms with Crippen LogP contribution in [0.5, 0.6) is 0 Å². The first-order valence-corrected chi connectivity index (χ1v) is 10.3. The SMILES string of the molecule is CN(CCc1noc(-c2nn(CC3CC3)c3c2COCC3)n1)C(=O)c1ccn(C)n1. The molecular formula is C20H25N7O3. The number of fused-ring (bicyclic) bond motifs is 1. The van der Waals surface area contributed by atoms with E-state index in [0.717, 1.165) is 30.1 Å². The minimum atomic E-state index is -0.135. The van der Waals surface area contributed by atoms with Gasteiger partial charge in [-0.1, -0.05) is 5.16 Å². The highest BCUT2D eigenvalue weighted by Crippen LogP contribution is 2.34. The lowest BCUT2D eigenvalue weighted by Gasteiger charge is -2.14. The van der Waals surface area contributed by atoms with E-state index in [4.69, 9.17) is 14.4 Å². The summed E-state index contributed by atoms with van der Waals surface area (Å²) in [6, 6.07) is 1.70. The monoisotopic (exact) mass is 411 g/mol. The second-order valence-electron chi connectivity index (χ2n) is 8.07. The normalized spacial score (nSPS) is 15.9. The molecule has 1 amide bonds. The van der Waals surface area contributed by atoms with E-state index in [0.29, 0.717) is 43.6 Å². The molecule has 1 aliphatic carbocycles. The first kappa shape index (κ1) is 19.0. The Kier molecular flexibility index (Phi) is 4.86. The van der Waals surface area contributed by atoms with Crippen LogP contribution in [0.15, 0.2) is 16.8 Å². The van der Waals surface area contributed by atoms with Gasteiger partial charge in [-0.2, -0.15) is 15.2 Å². The average molecular weight is 411 g/mol. The third-order valence-electron chi connectivity index (χ3n) is 5.65. The van der Waals surface area contributed by atoms with Crippen LogP contribution in [0.3, 0.4) is 0 Å². The molecule has 3 aromatic rings. The van der Waals surface area contributed by atoms with Crippen LogP contribution in [0.4, 0.5) is 0 Å². The summed E-state index contributed by atoms with van der Waals surface area (Å²) in [6.45, 7) is 2.65. The van der Waals surface area contributed by atoms with Gasteiger partial charge in [-0.25, -0.2) is 0 Å². The number of aromatic nitrogens is 6. The van der Waals surface area contributed by atoms with Crippen molar-refractivity contribution in [1.82, 2.24) is 34.6 Å². The van der Waals surface area contributed by atoms with E-state index in [1.165, 1.54) is 18.5 Å². The molecule has 1 fully saturated rings. The van der Waals surface area contributed by atoms with Gasteiger partial charge in [0.15, 0.2) is 11.5 Å². The van der Waals surface area contributed by atoms with Crippen LogP contribution < -0.4 is 0 Å². The molecule has 0 spiro atoms. The van der Waals surface area contributed by atoms with Crippen LogP contribution >= 0.6 is 0 Å². The number of ether oxygens (including phenoxy) is 1. The lowest BCUT2D eigenvalue weighted by atomic mass is 10.1. The van der Waals surface area contributed by atoms with E-state index in [1.807, 2.05) is 0 Å². The molecule has 0 saturated heterocycles. The van der Waals surface area contributed by atoms with Crippen LogP contribution in [0.25, 0.3) is 11.6 Å². The highest BCUT2D eigenvalue weighted by Gasteiger charge is 2.29. The van der Waals surface area contributed by atoms with Crippen LogP contribution in [0.2, 0.25) is 0 Å². The lowest BCUT2D eigenvalue weighted by molar-refractivity contribution is 0.0789. The van der Waals surface area contributed by atoms with E-state index in [1.54, 1.807) is 35.9 Å². The second kappa shape index (κ2) is 7.67. The van der Waals surface area contributed by atoms with E-state index in [-0.39, 0.29) is 5.91 Å². The zero-order valence-corrected chi connectivity index (χ0v) is 17.2. The molecule has 158 valence electrons. The number of amides is 1. The summed E-state index contributed by atoms with van der Waals surface area (Å²) in [7, 11) is 3.53. The van der Waals surface area contributed by atoms with Gasteiger partial charge >= 0.3 is 0 Å². The molecule has 0 atom stereocenters. The molecule has 1 aliphatic heterocycles. The van der Waals surface area contributed by atoms with Crippen molar-refractivity contribution in [3.8, 4) is 11.6 Å². The summed E-state index contributed by atoms with van der Waals surface area (Å²) in [5.41, 5.74) is 3.42. The maximum atomic E-state index is 12.4. The predicted molar refractivity (Wildman–Crippen MR) is 105 cm³/mol. The number of aryl methyl sites for hydroxylation is 1. The van der Waals surface area contributed by atoms with Gasteiger partial charge in [-0.15, -0.1) is 0 Å². The standard InChI is InChI=1S/C20H25N7O3/c1-25(20(28)15-5-9-26(2)22-15)8-6-17-21-19(30-24-17)18-14-12-29-10-7-16(14)27(23-18)11-13-3-4-13/h5,9,13H,3-4,6-8,10-12H2,1-2H3. The maximum Gasteiger partial charge on any atom is 0.278 e. The van der Waals surface area contributed by atoms with Gasteiger partial charge in [0.2, 0.25) is 0 Å². The molecule has 0 bridgehead atoms. The summed E-state index contributed by atoms with van der Waals surface area (Å²) < 4.78 is 14.9. The van der Waals surface area contributed by atoms with Gasteiger partial charge < -0.3 is 14.2 Å². The predicted octanol–water partition coefficient (Wildman–Crippen LogP) is 1.46. The summed E-state index contributed by atoms with van der Waals surface area (Å²) in [5.74, 6) is 1.56. The Balaban J connectivity index is 1.28. The number of carbonyl (C=O) groups is 1. The Morgan fingerprint density at radius 2 is 2.20 bits per heavy atom. The van der Waals surface area contributed by atoms with Gasteiger partial charge in [0.1, 0.15) is 5.69 Å². The third kappa shape index (κ3) is 3.74. The van der Waals surface area contributed by atoms with Crippen molar-refractivity contribution >= 4 is 5.91 Å². The minimum Gasteiger partial charge on any atom is -0.376 e. The molecule has 0 N–H and O–H groups in total. The third-order valence-corrected chi connectivity index (χ3v) is 5.65. The summed E-state index contributed by atoms with van der Waals surface area (Å²) in [5, 5.41) is 13.0. The molecule has 3 aromatic heterocycles. The van der Waals surface area contributed by atoms with E-state index < -0.39 is 0 Å². The van der Waals surface area contributed by atoms with E-state index >= 15 is 0 Å². The molecule has 5 rings (SSSR count). The zero-order chi connectivity index (χ0) is 20.7. The fourth-order valence-electron chi connectivity index (χ4n) is 3.72. The fourth-order valence-corrected chi connectivity index (χ4v) is 3.72. The van der Waals surface area contributed by atoms with Crippen molar-refractivity contribution in [3.05, 3.63) is 35.0 Å². The Morgan fingerprint density at radius 1 is 1.33 bits per heavy atom. The molecule has 30 heavy (non-hydrogen) atoms. The number of hydrogen-bond acceptors (Lipinski definition) is 7.